The average molecular weight is 298 g/mol. The molecule has 0 fully saturated rings. The Morgan fingerprint density at radius 1 is 1.16 bits per heavy atom. The van der Waals surface area contributed by atoms with Gasteiger partial charge in [-0.25, -0.2) is 0 Å². The van der Waals surface area contributed by atoms with Crippen LogP contribution in [0.4, 0.5) is 0 Å². The monoisotopic (exact) mass is 297 g/mol. The van der Waals surface area contributed by atoms with Crippen molar-refractivity contribution in [3.05, 3.63) is 51.2 Å². The van der Waals surface area contributed by atoms with E-state index in [2.05, 4.69) is 5.32 Å². The zero-order chi connectivity index (χ0) is 13.5. The highest BCUT2D eigenvalue weighted by atomic mass is 35.5. The van der Waals surface area contributed by atoms with E-state index in [4.69, 9.17) is 21.4 Å². The van der Waals surface area contributed by atoms with Crippen molar-refractivity contribution >= 4 is 22.9 Å². The maximum Gasteiger partial charge on any atom is 0.119 e. The van der Waals surface area contributed by atoms with Crippen molar-refractivity contribution in [2.75, 3.05) is 13.2 Å². The Morgan fingerprint density at radius 3 is 2.58 bits per heavy atom. The summed E-state index contributed by atoms with van der Waals surface area (Å²) in [6.45, 7) is 1.92. The third-order valence-electron chi connectivity index (χ3n) is 2.59. The summed E-state index contributed by atoms with van der Waals surface area (Å²) in [5.74, 6) is 0.777. The molecule has 0 saturated carbocycles. The van der Waals surface area contributed by atoms with Crippen molar-refractivity contribution in [2.24, 2.45) is 0 Å². The molecule has 0 bridgehead atoms. The van der Waals surface area contributed by atoms with Crippen molar-refractivity contribution in [1.29, 1.82) is 0 Å². The predicted octanol–water partition coefficient (Wildman–Crippen LogP) is 3.06. The smallest absolute Gasteiger partial charge is 0.119 e. The second-order valence-corrected chi connectivity index (χ2v) is 5.42. The standard InChI is InChI=1S/C14H16ClNO2S/c15-13-5-8-19-14(13)10-16-9-11-1-3-12(4-2-11)18-7-6-17/h1-5,8,16-17H,6-7,9-10H2. The van der Waals surface area contributed by atoms with Gasteiger partial charge >= 0.3 is 0 Å². The Labute approximate surface area is 121 Å². The van der Waals surface area contributed by atoms with Crippen molar-refractivity contribution in [3.8, 4) is 5.75 Å². The summed E-state index contributed by atoms with van der Waals surface area (Å²) in [4.78, 5) is 1.16. The number of rotatable bonds is 7. The molecular formula is C14H16ClNO2S. The van der Waals surface area contributed by atoms with Gasteiger partial charge in [-0.1, -0.05) is 23.7 Å². The summed E-state index contributed by atoms with van der Waals surface area (Å²) < 4.78 is 5.30. The molecule has 1 heterocycles. The van der Waals surface area contributed by atoms with Crippen LogP contribution in [-0.2, 0) is 13.1 Å². The van der Waals surface area contributed by atoms with E-state index in [1.807, 2.05) is 35.7 Å². The van der Waals surface area contributed by atoms with Gasteiger partial charge in [0.15, 0.2) is 0 Å². The Kier molecular flexibility index (Phi) is 5.66. The van der Waals surface area contributed by atoms with Crippen LogP contribution in [-0.4, -0.2) is 18.3 Å². The van der Waals surface area contributed by atoms with E-state index in [9.17, 15) is 0 Å². The average Bonchev–Trinajstić information content (AvgIpc) is 2.84. The van der Waals surface area contributed by atoms with Crippen LogP contribution in [0.15, 0.2) is 35.7 Å². The van der Waals surface area contributed by atoms with Crippen molar-refractivity contribution in [2.45, 2.75) is 13.1 Å². The topological polar surface area (TPSA) is 41.5 Å². The minimum atomic E-state index is 0.0326. The Balaban J connectivity index is 1.78. The summed E-state index contributed by atoms with van der Waals surface area (Å²) in [6, 6.07) is 9.75. The molecule has 19 heavy (non-hydrogen) atoms. The van der Waals surface area contributed by atoms with Crippen LogP contribution in [0.3, 0.4) is 0 Å². The number of hydrogen-bond donors (Lipinski definition) is 2. The van der Waals surface area contributed by atoms with Crippen molar-refractivity contribution in [3.63, 3.8) is 0 Å². The van der Waals surface area contributed by atoms with Gasteiger partial charge in [0.2, 0.25) is 0 Å². The number of aliphatic hydroxyl groups excluding tert-OH is 1. The first-order valence-electron chi connectivity index (χ1n) is 6.05. The van der Waals surface area contributed by atoms with Crippen molar-refractivity contribution < 1.29 is 9.84 Å². The maximum atomic E-state index is 8.67. The number of nitrogens with one attached hydrogen (secondary N) is 1. The molecule has 3 nitrogen and oxygen atoms in total. The highest BCUT2D eigenvalue weighted by molar-refractivity contribution is 7.10. The molecule has 2 aromatic rings. The van der Waals surface area contributed by atoms with Gasteiger partial charge in [0, 0.05) is 18.0 Å². The SMILES string of the molecule is OCCOc1ccc(CNCc2sccc2Cl)cc1. The third kappa shape index (κ3) is 4.51. The molecule has 5 heteroatoms. The molecule has 1 aromatic carbocycles. The van der Waals surface area contributed by atoms with Gasteiger partial charge in [-0.2, -0.15) is 0 Å². The van der Waals surface area contributed by atoms with Gasteiger partial charge in [-0.05, 0) is 29.1 Å². The summed E-state index contributed by atoms with van der Waals surface area (Å²) >= 11 is 7.68. The largest absolute Gasteiger partial charge is 0.491 e. The van der Waals surface area contributed by atoms with Crippen LogP contribution in [0.2, 0.25) is 5.02 Å². The molecule has 0 spiro atoms. The molecule has 0 aliphatic carbocycles. The van der Waals surface area contributed by atoms with E-state index < -0.39 is 0 Å². The Morgan fingerprint density at radius 2 is 1.95 bits per heavy atom. The fourth-order valence-electron chi connectivity index (χ4n) is 1.64. The first-order chi connectivity index (χ1) is 9.29. The molecule has 0 aliphatic heterocycles. The van der Waals surface area contributed by atoms with E-state index in [-0.39, 0.29) is 6.61 Å². The number of ether oxygens (including phenoxy) is 1. The Hall–Kier alpha value is -1.07. The fraction of sp³-hybridized carbons (Fsp3) is 0.286. The first-order valence-corrected chi connectivity index (χ1v) is 7.30. The number of hydrogen-bond acceptors (Lipinski definition) is 4. The van der Waals surface area contributed by atoms with Crippen LogP contribution < -0.4 is 10.1 Å². The van der Waals surface area contributed by atoms with E-state index in [0.717, 1.165) is 28.7 Å². The lowest BCUT2D eigenvalue weighted by Gasteiger charge is -2.07. The van der Waals surface area contributed by atoms with E-state index >= 15 is 0 Å². The van der Waals surface area contributed by atoms with Gasteiger partial charge in [-0.3, -0.25) is 0 Å². The summed E-state index contributed by atoms with van der Waals surface area (Å²) in [5.41, 5.74) is 1.18. The zero-order valence-corrected chi connectivity index (χ0v) is 12.0. The molecular weight excluding hydrogens is 282 g/mol. The molecule has 0 radical (unpaired) electrons. The predicted molar refractivity (Wildman–Crippen MR) is 78.9 cm³/mol. The summed E-state index contributed by atoms with van der Waals surface area (Å²) in [7, 11) is 0. The van der Waals surface area contributed by atoms with E-state index in [1.54, 1.807) is 11.3 Å². The summed E-state index contributed by atoms with van der Waals surface area (Å²) in [5, 5.41) is 14.8. The van der Waals surface area contributed by atoms with Gasteiger partial charge < -0.3 is 15.2 Å². The van der Waals surface area contributed by atoms with Crippen molar-refractivity contribution in [1.82, 2.24) is 5.32 Å². The highest BCUT2D eigenvalue weighted by Gasteiger charge is 2.01. The van der Waals surface area contributed by atoms with Crippen LogP contribution >= 0.6 is 22.9 Å². The molecule has 0 unspecified atom stereocenters. The lowest BCUT2D eigenvalue weighted by molar-refractivity contribution is 0.201. The van der Waals surface area contributed by atoms with Gasteiger partial charge in [0.25, 0.3) is 0 Å². The quantitative estimate of drug-likeness (QED) is 0.825. The molecule has 2 N–H and O–H groups in total. The molecule has 1 aromatic heterocycles. The van der Waals surface area contributed by atoms with E-state index in [1.165, 1.54) is 5.56 Å². The van der Waals surface area contributed by atoms with Gasteiger partial charge in [-0.15, -0.1) is 11.3 Å². The molecule has 0 saturated heterocycles. The highest BCUT2D eigenvalue weighted by Crippen LogP contribution is 2.21. The van der Waals surface area contributed by atoms with E-state index in [0.29, 0.717) is 6.61 Å². The zero-order valence-electron chi connectivity index (χ0n) is 10.4. The molecule has 0 aliphatic rings. The summed E-state index contributed by atoms with van der Waals surface area (Å²) in [6.07, 6.45) is 0. The van der Waals surface area contributed by atoms with Gasteiger partial charge in [0.05, 0.1) is 11.6 Å². The lowest BCUT2D eigenvalue weighted by Crippen LogP contribution is -2.12. The van der Waals surface area contributed by atoms with Crippen LogP contribution in [0.1, 0.15) is 10.4 Å². The minimum Gasteiger partial charge on any atom is -0.491 e. The normalized spacial score (nSPS) is 10.6. The first kappa shape index (κ1) is 14.3. The Bertz CT molecular complexity index is 498. The molecule has 0 amide bonds. The third-order valence-corrected chi connectivity index (χ3v) is 3.98. The van der Waals surface area contributed by atoms with Crippen LogP contribution in [0.25, 0.3) is 0 Å². The van der Waals surface area contributed by atoms with Gasteiger partial charge in [0.1, 0.15) is 12.4 Å². The number of thiophene rings is 1. The maximum absolute atomic E-state index is 8.67. The molecule has 2 rings (SSSR count). The molecule has 102 valence electrons. The second kappa shape index (κ2) is 7.50. The lowest BCUT2D eigenvalue weighted by atomic mass is 10.2. The fourth-order valence-corrected chi connectivity index (χ4v) is 2.71. The number of aliphatic hydroxyl groups is 1. The minimum absolute atomic E-state index is 0.0326. The van der Waals surface area contributed by atoms with Crippen LogP contribution in [0, 0.1) is 0 Å². The second-order valence-electron chi connectivity index (χ2n) is 4.01. The van der Waals surface area contributed by atoms with Crippen LogP contribution in [0.5, 0.6) is 5.75 Å². The number of benzene rings is 1. The number of halogens is 1. The molecule has 0 atom stereocenters.